The van der Waals surface area contributed by atoms with Crippen LogP contribution in [0.2, 0.25) is 0 Å². The number of carboxylic acid groups (broad SMARTS) is 1. The van der Waals surface area contributed by atoms with Crippen LogP contribution in [0.3, 0.4) is 0 Å². The molecule has 1 aromatic rings. The molecule has 18 heavy (non-hydrogen) atoms. The predicted octanol–water partition coefficient (Wildman–Crippen LogP) is 1.48. The van der Waals surface area contributed by atoms with Crippen molar-refractivity contribution in [2.24, 2.45) is 5.92 Å². The number of hydrogen-bond donors (Lipinski definition) is 2. The van der Waals surface area contributed by atoms with E-state index in [-0.39, 0.29) is 5.92 Å². The Morgan fingerprint density at radius 3 is 2.89 bits per heavy atom. The van der Waals surface area contributed by atoms with E-state index in [9.17, 15) is 4.79 Å². The summed E-state index contributed by atoms with van der Waals surface area (Å²) in [6.07, 6.45) is 7.07. The standard InChI is InChI=1S/C7H12N2O.C5H9NO2/c1-2-3-4-5-7-6-10-9-8-7;7-5(8)4-1-2-6-3-4/h6H,2-5H2,1H3;4,6H,1-3H2,(H,7,8). The van der Waals surface area contributed by atoms with Gasteiger partial charge in [-0.05, 0) is 25.8 Å². The number of unbranched alkanes of at least 4 members (excludes halogenated alkanes) is 2. The van der Waals surface area contributed by atoms with Gasteiger partial charge in [-0.25, -0.2) is 0 Å². The summed E-state index contributed by atoms with van der Waals surface area (Å²) in [5, 5.41) is 18.5. The molecule has 1 aromatic heterocycles. The molecule has 2 rings (SSSR count). The van der Waals surface area contributed by atoms with Crippen molar-refractivity contribution in [2.45, 2.75) is 39.0 Å². The molecule has 1 aliphatic heterocycles. The van der Waals surface area contributed by atoms with Crippen molar-refractivity contribution >= 4 is 5.97 Å². The molecular weight excluding hydrogens is 234 g/mol. The van der Waals surface area contributed by atoms with Gasteiger partial charge in [0.05, 0.1) is 5.92 Å². The Balaban J connectivity index is 0.000000184. The molecule has 6 nitrogen and oxygen atoms in total. The van der Waals surface area contributed by atoms with Crippen molar-refractivity contribution in [1.29, 1.82) is 0 Å². The molecule has 1 fully saturated rings. The van der Waals surface area contributed by atoms with Gasteiger partial charge in [-0.1, -0.05) is 19.8 Å². The number of nitrogens with zero attached hydrogens (tertiary/aromatic N) is 2. The highest BCUT2D eigenvalue weighted by atomic mass is 16.5. The summed E-state index contributed by atoms with van der Waals surface area (Å²) in [6.45, 7) is 3.69. The normalized spacial score (nSPS) is 18.2. The summed E-state index contributed by atoms with van der Waals surface area (Å²) >= 11 is 0. The zero-order chi connectivity index (χ0) is 13.2. The third-order valence-electron chi connectivity index (χ3n) is 2.85. The molecule has 6 heteroatoms. The number of aryl methyl sites for hydroxylation is 1. The first-order valence-corrected chi connectivity index (χ1v) is 6.43. The van der Waals surface area contributed by atoms with Crippen molar-refractivity contribution in [3.63, 3.8) is 0 Å². The molecule has 1 unspecified atom stereocenters. The maximum atomic E-state index is 10.2. The van der Waals surface area contributed by atoms with E-state index in [0.29, 0.717) is 6.54 Å². The van der Waals surface area contributed by atoms with E-state index in [2.05, 4.69) is 27.1 Å². The van der Waals surface area contributed by atoms with Gasteiger partial charge in [0, 0.05) is 11.8 Å². The molecule has 1 aliphatic rings. The van der Waals surface area contributed by atoms with Crippen molar-refractivity contribution in [2.75, 3.05) is 13.1 Å². The van der Waals surface area contributed by atoms with Gasteiger partial charge in [0.25, 0.3) is 0 Å². The second-order valence-electron chi connectivity index (χ2n) is 4.38. The van der Waals surface area contributed by atoms with E-state index in [1.807, 2.05) is 0 Å². The summed E-state index contributed by atoms with van der Waals surface area (Å²) in [5.41, 5.74) is 0.966. The fourth-order valence-electron chi connectivity index (χ4n) is 1.71. The lowest BCUT2D eigenvalue weighted by molar-refractivity contribution is -0.140. The number of nitrogens with one attached hydrogen (secondary N) is 1. The monoisotopic (exact) mass is 255 g/mol. The molecule has 102 valence electrons. The fraction of sp³-hybridized carbons (Fsp3) is 0.750. The lowest BCUT2D eigenvalue weighted by Gasteiger charge is -1.96. The fourth-order valence-corrected chi connectivity index (χ4v) is 1.71. The molecule has 0 aliphatic carbocycles. The van der Waals surface area contributed by atoms with Crippen LogP contribution in [0.25, 0.3) is 0 Å². The van der Waals surface area contributed by atoms with Crippen molar-refractivity contribution in [1.82, 2.24) is 15.7 Å². The molecule has 1 atom stereocenters. The number of hydrogen-bond acceptors (Lipinski definition) is 5. The van der Waals surface area contributed by atoms with Crippen molar-refractivity contribution in [3.8, 4) is 0 Å². The Morgan fingerprint density at radius 1 is 1.61 bits per heavy atom. The third kappa shape index (κ3) is 5.77. The first-order chi connectivity index (χ1) is 8.74. The van der Waals surface area contributed by atoms with Crippen LogP contribution in [0, 0.1) is 5.92 Å². The Bertz CT molecular complexity index is 321. The highest BCUT2D eigenvalue weighted by Gasteiger charge is 2.20. The lowest BCUT2D eigenvalue weighted by Crippen LogP contribution is -2.16. The van der Waals surface area contributed by atoms with Gasteiger partial charge in [0.2, 0.25) is 0 Å². The van der Waals surface area contributed by atoms with Crippen LogP contribution in [0.5, 0.6) is 0 Å². The average molecular weight is 255 g/mol. The first-order valence-electron chi connectivity index (χ1n) is 6.43. The summed E-state index contributed by atoms with van der Waals surface area (Å²) in [7, 11) is 0. The summed E-state index contributed by atoms with van der Waals surface area (Å²) in [5.74, 6) is -0.801. The number of rotatable bonds is 5. The molecule has 0 saturated carbocycles. The number of aliphatic carboxylic acids is 1. The number of carbonyl (C=O) groups is 1. The molecule has 0 bridgehead atoms. The van der Waals surface area contributed by atoms with E-state index >= 15 is 0 Å². The zero-order valence-electron chi connectivity index (χ0n) is 10.8. The minimum absolute atomic E-state index is 0.130. The van der Waals surface area contributed by atoms with Gasteiger partial charge in [-0.2, -0.15) is 0 Å². The third-order valence-corrected chi connectivity index (χ3v) is 2.85. The van der Waals surface area contributed by atoms with Gasteiger partial charge in [0.15, 0.2) is 0 Å². The maximum absolute atomic E-state index is 10.2. The molecule has 2 N–H and O–H groups in total. The summed E-state index contributed by atoms with van der Waals surface area (Å²) in [4.78, 5) is 10.2. The predicted molar refractivity (Wildman–Crippen MR) is 66.1 cm³/mol. The molecule has 1 saturated heterocycles. The molecule has 0 radical (unpaired) electrons. The van der Waals surface area contributed by atoms with E-state index in [1.54, 1.807) is 6.26 Å². The molecule has 0 spiro atoms. The zero-order valence-corrected chi connectivity index (χ0v) is 10.8. The van der Waals surface area contributed by atoms with E-state index in [0.717, 1.165) is 25.1 Å². The molecular formula is C12H21N3O3. The maximum Gasteiger partial charge on any atom is 0.307 e. The van der Waals surface area contributed by atoms with Crippen LogP contribution in [-0.2, 0) is 11.2 Å². The largest absolute Gasteiger partial charge is 0.481 e. The Kier molecular flexibility index (Phi) is 7.01. The molecule has 0 aromatic carbocycles. The second kappa shape index (κ2) is 8.63. The highest BCUT2D eigenvalue weighted by molar-refractivity contribution is 5.70. The van der Waals surface area contributed by atoms with Crippen LogP contribution in [0.4, 0.5) is 0 Å². The molecule has 2 heterocycles. The summed E-state index contributed by atoms with van der Waals surface area (Å²) < 4.78 is 4.58. The smallest absolute Gasteiger partial charge is 0.307 e. The van der Waals surface area contributed by atoms with Crippen LogP contribution in [-0.4, -0.2) is 34.5 Å². The summed E-state index contributed by atoms with van der Waals surface area (Å²) in [6, 6.07) is 0. The minimum atomic E-state index is -0.671. The Hall–Kier alpha value is -1.43. The quantitative estimate of drug-likeness (QED) is 0.775. The van der Waals surface area contributed by atoms with Gasteiger partial charge in [-0.15, -0.1) is 5.10 Å². The second-order valence-corrected chi connectivity index (χ2v) is 4.38. The molecule has 0 amide bonds. The van der Waals surface area contributed by atoms with Gasteiger partial charge < -0.3 is 14.9 Å². The topological polar surface area (TPSA) is 88.2 Å². The number of aromatic nitrogens is 2. The first kappa shape index (κ1) is 14.6. The lowest BCUT2D eigenvalue weighted by atomic mass is 10.1. The van der Waals surface area contributed by atoms with Crippen LogP contribution in [0.1, 0.15) is 38.3 Å². The Labute approximate surface area is 107 Å². The van der Waals surface area contributed by atoms with Crippen LogP contribution >= 0.6 is 0 Å². The van der Waals surface area contributed by atoms with Crippen molar-refractivity contribution < 1.29 is 14.4 Å². The highest BCUT2D eigenvalue weighted by Crippen LogP contribution is 2.05. The SMILES string of the molecule is CCCCCc1conn1.O=C(O)C1CCNC1. The van der Waals surface area contributed by atoms with Gasteiger partial charge in [0.1, 0.15) is 12.0 Å². The van der Waals surface area contributed by atoms with Crippen LogP contribution < -0.4 is 5.32 Å². The number of carboxylic acids is 1. The van der Waals surface area contributed by atoms with E-state index in [1.165, 1.54) is 19.3 Å². The van der Waals surface area contributed by atoms with E-state index in [4.69, 9.17) is 5.11 Å². The van der Waals surface area contributed by atoms with E-state index < -0.39 is 5.97 Å². The average Bonchev–Trinajstić information content (AvgIpc) is 3.03. The van der Waals surface area contributed by atoms with Gasteiger partial charge in [-0.3, -0.25) is 4.79 Å². The van der Waals surface area contributed by atoms with Crippen LogP contribution in [0.15, 0.2) is 10.8 Å². The van der Waals surface area contributed by atoms with Gasteiger partial charge >= 0.3 is 5.97 Å². The van der Waals surface area contributed by atoms with Crippen molar-refractivity contribution in [3.05, 3.63) is 12.0 Å². The minimum Gasteiger partial charge on any atom is -0.481 e. The Morgan fingerprint density at radius 2 is 2.44 bits per heavy atom.